The first-order valence-corrected chi connectivity index (χ1v) is 8.91. The second-order valence-electron chi connectivity index (χ2n) is 7.05. The van der Waals surface area contributed by atoms with Gasteiger partial charge in [-0.15, -0.1) is 0 Å². The summed E-state index contributed by atoms with van der Waals surface area (Å²) in [5.74, 6) is 2.31. The number of aromatic amines is 1. The Morgan fingerprint density at radius 1 is 1.20 bits per heavy atom. The van der Waals surface area contributed by atoms with E-state index in [0.29, 0.717) is 5.92 Å². The predicted molar refractivity (Wildman–Crippen MR) is 96.0 cm³/mol. The number of rotatable bonds is 4. The number of nitrogens with one attached hydrogen (secondary N) is 1. The molecule has 1 fully saturated rings. The SMILES string of the molecule is COc1ccc(CN2CC(C3CC3)Oc3ccc(=O)[nH]c3C2C)cc1. The van der Waals surface area contributed by atoms with Crippen molar-refractivity contribution in [3.05, 3.63) is 58.0 Å². The zero-order valence-corrected chi connectivity index (χ0v) is 14.7. The number of aromatic nitrogens is 1. The summed E-state index contributed by atoms with van der Waals surface area (Å²) in [4.78, 5) is 17.2. The third-order valence-corrected chi connectivity index (χ3v) is 5.26. The van der Waals surface area contributed by atoms with E-state index in [1.807, 2.05) is 18.2 Å². The third-order valence-electron chi connectivity index (χ3n) is 5.26. The minimum absolute atomic E-state index is 0.0801. The lowest BCUT2D eigenvalue weighted by Gasteiger charge is -2.28. The minimum Gasteiger partial charge on any atom is -0.497 e. The highest BCUT2D eigenvalue weighted by atomic mass is 16.5. The lowest BCUT2D eigenvalue weighted by molar-refractivity contribution is 0.109. The van der Waals surface area contributed by atoms with Crippen molar-refractivity contribution in [3.8, 4) is 11.5 Å². The molecule has 2 heterocycles. The van der Waals surface area contributed by atoms with Gasteiger partial charge in [0.25, 0.3) is 0 Å². The van der Waals surface area contributed by atoms with Crippen LogP contribution < -0.4 is 15.0 Å². The fourth-order valence-corrected chi connectivity index (χ4v) is 3.54. The Bertz CT molecular complexity index is 795. The molecule has 1 saturated carbocycles. The van der Waals surface area contributed by atoms with Crippen LogP contribution in [0.1, 0.15) is 37.1 Å². The number of hydrogen-bond acceptors (Lipinski definition) is 4. The molecule has 0 bridgehead atoms. The molecule has 1 aliphatic carbocycles. The summed E-state index contributed by atoms with van der Waals surface area (Å²) in [5.41, 5.74) is 2.02. The number of benzene rings is 1. The molecule has 0 spiro atoms. The monoisotopic (exact) mass is 340 g/mol. The first-order valence-electron chi connectivity index (χ1n) is 8.91. The van der Waals surface area contributed by atoms with Gasteiger partial charge in [-0.05, 0) is 49.4 Å². The van der Waals surface area contributed by atoms with E-state index in [2.05, 4.69) is 28.9 Å². The average molecular weight is 340 g/mol. The molecule has 2 aliphatic rings. The Balaban J connectivity index is 1.63. The summed E-state index contributed by atoms with van der Waals surface area (Å²) in [6.45, 7) is 3.82. The smallest absolute Gasteiger partial charge is 0.248 e. The first kappa shape index (κ1) is 16.2. The Morgan fingerprint density at radius 3 is 2.64 bits per heavy atom. The van der Waals surface area contributed by atoms with E-state index >= 15 is 0 Å². The van der Waals surface area contributed by atoms with Gasteiger partial charge in [0.15, 0.2) is 0 Å². The van der Waals surface area contributed by atoms with E-state index in [4.69, 9.17) is 9.47 Å². The zero-order valence-electron chi connectivity index (χ0n) is 14.7. The van der Waals surface area contributed by atoms with Crippen LogP contribution in [0.3, 0.4) is 0 Å². The molecular formula is C20H24N2O3. The van der Waals surface area contributed by atoms with Crippen molar-refractivity contribution in [3.63, 3.8) is 0 Å². The van der Waals surface area contributed by atoms with Gasteiger partial charge >= 0.3 is 0 Å². The maximum atomic E-state index is 11.8. The molecule has 2 atom stereocenters. The molecule has 1 aliphatic heterocycles. The molecule has 0 radical (unpaired) electrons. The van der Waals surface area contributed by atoms with E-state index in [-0.39, 0.29) is 17.7 Å². The number of methoxy groups -OCH3 is 1. The molecule has 132 valence electrons. The molecule has 5 heteroatoms. The molecule has 2 aromatic rings. The molecule has 5 nitrogen and oxygen atoms in total. The van der Waals surface area contributed by atoms with Gasteiger partial charge in [0, 0.05) is 19.2 Å². The van der Waals surface area contributed by atoms with Crippen molar-refractivity contribution in [1.82, 2.24) is 9.88 Å². The van der Waals surface area contributed by atoms with Crippen molar-refractivity contribution in [1.29, 1.82) is 0 Å². The molecule has 0 amide bonds. The van der Waals surface area contributed by atoms with Gasteiger partial charge in [-0.25, -0.2) is 0 Å². The number of hydrogen-bond donors (Lipinski definition) is 1. The van der Waals surface area contributed by atoms with Crippen molar-refractivity contribution >= 4 is 0 Å². The molecule has 4 rings (SSSR count). The van der Waals surface area contributed by atoms with Gasteiger partial charge in [0.1, 0.15) is 17.6 Å². The second kappa shape index (κ2) is 6.56. The summed E-state index contributed by atoms with van der Waals surface area (Å²) >= 11 is 0. The minimum atomic E-state index is -0.0801. The van der Waals surface area contributed by atoms with E-state index in [1.54, 1.807) is 13.2 Å². The summed E-state index contributed by atoms with van der Waals surface area (Å²) < 4.78 is 11.5. The van der Waals surface area contributed by atoms with Gasteiger partial charge in [0.2, 0.25) is 5.56 Å². The normalized spacial score (nSPS) is 23.4. The molecule has 25 heavy (non-hydrogen) atoms. The van der Waals surface area contributed by atoms with E-state index < -0.39 is 0 Å². The molecule has 1 aromatic heterocycles. The topological polar surface area (TPSA) is 54.6 Å². The Kier molecular flexibility index (Phi) is 4.25. The van der Waals surface area contributed by atoms with Crippen molar-refractivity contribution < 1.29 is 9.47 Å². The molecule has 0 saturated heterocycles. The van der Waals surface area contributed by atoms with Gasteiger partial charge in [-0.3, -0.25) is 9.69 Å². The predicted octanol–water partition coefficient (Wildman–Crippen LogP) is 3.12. The van der Waals surface area contributed by atoms with Gasteiger partial charge in [-0.1, -0.05) is 12.1 Å². The summed E-state index contributed by atoms with van der Waals surface area (Å²) in [5, 5.41) is 0. The average Bonchev–Trinajstić information content (AvgIpc) is 3.46. The van der Waals surface area contributed by atoms with Crippen LogP contribution in [0.25, 0.3) is 0 Å². The number of ether oxygens (including phenoxy) is 2. The number of H-pyrrole nitrogens is 1. The standard InChI is InChI=1S/C20H24N2O3/c1-13-20-17(9-10-19(23)21-20)25-18(15-5-6-15)12-22(13)11-14-3-7-16(24-2)8-4-14/h3-4,7-10,13,15,18H,5-6,11-12H2,1-2H3,(H,21,23). The van der Waals surface area contributed by atoms with Crippen LogP contribution in [-0.4, -0.2) is 29.6 Å². The van der Waals surface area contributed by atoms with Gasteiger partial charge in [0.05, 0.1) is 18.8 Å². The van der Waals surface area contributed by atoms with Crippen LogP contribution in [0.15, 0.2) is 41.2 Å². The zero-order chi connectivity index (χ0) is 17.4. The van der Waals surface area contributed by atoms with Crippen molar-refractivity contribution in [2.45, 2.75) is 38.5 Å². The highest BCUT2D eigenvalue weighted by molar-refractivity contribution is 5.32. The quantitative estimate of drug-likeness (QED) is 0.929. The summed E-state index contributed by atoms with van der Waals surface area (Å²) in [7, 11) is 1.68. The lowest BCUT2D eigenvalue weighted by Crippen LogP contribution is -2.35. The van der Waals surface area contributed by atoms with Crippen LogP contribution in [0.4, 0.5) is 0 Å². The maximum absolute atomic E-state index is 11.8. The highest BCUT2D eigenvalue weighted by Gasteiger charge is 2.38. The molecule has 1 aromatic carbocycles. The Hall–Kier alpha value is -2.27. The number of nitrogens with zero attached hydrogens (tertiary/aromatic N) is 1. The molecular weight excluding hydrogens is 316 g/mol. The summed E-state index contributed by atoms with van der Waals surface area (Å²) in [6.07, 6.45) is 2.65. The van der Waals surface area contributed by atoms with Crippen LogP contribution in [0.2, 0.25) is 0 Å². The number of fused-ring (bicyclic) bond motifs is 1. The molecule has 2 unspecified atom stereocenters. The Labute approximate surface area is 147 Å². The highest BCUT2D eigenvalue weighted by Crippen LogP contribution is 2.40. The van der Waals surface area contributed by atoms with Crippen LogP contribution >= 0.6 is 0 Å². The van der Waals surface area contributed by atoms with E-state index in [1.165, 1.54) is 18.4 Å². The lowest BCUT2D eigenvalue weighted by atomic mass is 10.1. The Morgan fingerprint density at radius 2 is 1.96 bits per heavy atom. The van der Waals surface area contributed by atoms with E-state index in [9.17, 15) is 4.79 Å². The molecule has 1 N–H and O–H groups in total. The second-order valence-corrected chi connectivity index (χ2v) is 7.05. The van der Waals surface area contributed by atoms with Crippen molar-refractivity contribution in [2.24, 2.45) is 5.92 Å². The number of pyridine rings is 1. The van der Waals surface area contributed by atoms with Crippen molar-refractivity contribution in [2.75, 3.05) is 13.7 Å². The van der Waals surface area contributed by atoms with Crippen LogP contribution in [0, 0.1) is 5.92 Å². The first-order chi connectivity index (χ1) is 12.1. The van der Waals surface area contributed by atoms with E-state index in [0.717, 1.165) is 30.3 Å². The fourth-order valence-electron chi connectivity index (χ4n) is 3.54. The maximum Gasteiger partial charge on any atom is 0.248 e. The van der Waals surface area contributed by atoms with Crippen LogP contribution in [0.5, 0.6) is 11.5 Å². The van der Waals surface area contributed by atoms with Gasteiger partial charge in [-0.2, -0.15) is 0 Å². The largest absolute Gasteiger partial charge is 0.497 e. The summed E-state index contributed by atoms with van der Waals surface area (Å²) in [6, 6.07) is 11.6. The van der Waals surface area contributed by atoms with Crippen LogP contribution in [-0.2, 0) is 6.54 Å². The van der Waals surface area contributed by atoms with Gasteiger partial charge < -0.3 is 14.5 Å². The third kappa shape index (κ3) is 3.42. The fraction of sp³-hybridized carbons (Fsp3) is 0.450.